The van der Waals surface area contributed by atoms with E-state index in [0.29, 0.717) is 6.61 Å². The fourth-order valence-electron chi connectivity index (χ4n) is 3.29. The summed E-state index contributed by atoms with van der Waals surface area (Å²) in [7, 11) is 0. The van der Waals surface area contributed by atoms with Crippen molar-refractivity contribution in [3.05, 3.63) is 71.3 Å². The molecule has 0 spiro atoms. The monoisotopic (exact) mass is 455 g/mol. The average Bonchev–Trinajstić information content (AvgIpc) is 2.86. The van der Waals surface area contributed by atoms with Gasteiger partial charge in [0.05, 0.1) is 12.2 Å². The molecule has 176 valence electrons. The third kappa shape index (κ3) is 7.98. The molecule has 1 aliphatic heterocycles. The van der Waals surface area contributed by atoms with Crippen LogP contribution in [0.3, 0.4) is 0 Å². The molecule has 2 aromatic rings. The summed E-state index contributed by atoms with van der Waals surface area (Å²) in [6.07, 6.45) is 2.57. The Balaban J connectivity index is 1.48. The number of piperidine rings is 1. The lowest BCUT2D eigenvalue weighted by molar-refractivity contribution is -0.178. The zero-order valence-electron chi connectivity index (χ0n) is 18.4. The topological polar surface area (TPSA) is 120 Å². The molecule has 9 nitrogen and oxygen atoms in total. The molecule has 0 saturated carbocycles. The van der Waals surface area contributed by atoms with Crippen molar-refractivity contribution in [1.82, 2.24) is 10.4 Å². The Bertz CT molecular complexity index is 931. The molecule has 9 heteroatoms. The van der Waals surface area contributed by atoms with E-state index in [2.05, 4.69) is 5.32 Å². The lowest BCUT2D eigenvalue weighted by Crippen LogP contribution is -2.47. The number of esters is 2. The molecule has 1 atom stereocenters. The molecule has 0 bridgehead atoms. The summed E-state index contributed by atoms with van der Waals surface area (Å²) in [5.74, 6) is -1.80. The number of nitrogens with two attached hydrogens (primary N) is 1. The van der Waals surface area contributed by atoms with Gasteiger partial charge in [0.25, 0.3) is 0 Å². The maximum atomic E-state index is 12.5. The van der Waals surface area contributed by atoms with Crippen LogP contribution < -0.4 is 11.1 Å². The Morgan fingerprint density at radius 1 is 0.939 bits per heavy atom. The smallest absolute Gasteiger partial charge is 0.408 e. The van der Waals surface area contributed by atoms with Gasteiger partial charge < -0.3 is 20.5 Å². The molecule has 0 radical (unpaired) electrons. The van der Waals surface area contributed by atoms with Gasteiger partial charge in [-0.05, 0) is 36.1 Å². The summed E-state index contributed by atoms with van der Waals surface area (Å²) in [6.45, 7) is 1.87. The Hall–Kier alpha value is -3.27. The molecule has 3 rings (SSSR count). The number of carbonyl (C=O) groups excluding carboxylic acids is 3. The third-order valence-electron chi connectivity index (χ3n) is 5.11. The Morgan fingerprint density at radius 2 is 1.67 bits per heavy atom. The number of benzene rings is 2. The first kappa shape index (κ1) is 24.4. The van der Waals surface area contributed by atoms with Crippen LogP contribution >= 0.6 is 0 Å². The minimum Gasteiger partial charge on any atom is -0.445 e. The summed E-state index contributed by atoms with van der Waals surface area (Å²) in [5.41, 5.74) is 7.34. The van der Waals surface area contributed by atoms with E-state index in [1.165, 1.54) is 6.42 Å². The zero-order chi connectivity index (χ0) is 23.5. The number of alkyl carbamates (subject to hydrolysis) is 1. The predicted octanol–water partition coefficient (Wildman–Crippen LogP) is 2.54. The second kappa shape index (κ2) is 12.7. The van der Waals surface area contributed by atoms with Crippen molar-refractivity contribution in [3.63, 3.8) is 0 Å². The highest BCUT2D eigenvalue weighted by atomic mass is 16.7. The quantitative estimate of drug-likeness (QED) is 0.437. The highest BCUT2D eigenvalue weighted by Gasteiger charge is 2.25. The van der Waals surface area contributed by atoms with Gasteiger partial charge in [-0.2, -0.15) is 5.06 Å². The van der Waals surface area contributed by atoms with Gasteiger partial charge in [0.2, 0.25) is 0 Å². The molecule has 1 unspecified atom stereocenters. The molecular weight excluding hydrogens is 426 g/mol. The molecular formula is C24H29N3O6. The molecule has 1 aliphatic rings. The fraction of sp³-hybridized carbons (Fsp3) is 0.375. The average molecular weight is 456 g/mol. The van der Waals surface area contributed by atoms with Gasteiger partial charge in [-0.25, -0.2) is 14.4 Å². The van der Waals surface area contributed by atoms with E-state index in [0.717, 1.165) is 37.1 Å². The van der Waals surface area contributed by atoms with Gasteiger partial charge in [-0.3, -0.25) is 4.84 Å². The van der Waals surface area contributed by atoms with Crippen LogP contribution in [0.4, 0.5) is 4.79 Å². The highest BCUT2D eigenvalue weighted by molar-refractivity contribution is 5.98. The standard InChI is InChI=1S/C24H29N3O6/c25-15-21(26-24(30)31-16-18-8-3-1-4-9-18)23(29)33-22(28)20-11-7-10-19(14-20)17-32-27-12-5-2-6-13-27/h1,3-4,7-11,14,21H,2,5-6,12-13,15-17,25H2,(H,26,30). The van der Waals surface area contributed by atoms with Gasteiger partial charge in [0, 0.05) is 19.6 Å². The number of hydrogen-bond donors (Lipinski definition) is 2. The lowest BCUT2D eigenvalue weighted by Gasteiger charge is -2.25. The molecule has 1 saturated heterocycles. The fourth-order valence-corrected chi connectivity index (χ4v) is 3.29. The SMILES string of the molecule is NCC(NC(=O)OCc1ccccc1)C(=O)OC(=O)c1cccc(CON2CCCCC2)c1. The highest BCUT2D eigenvalue weighted by Crippen LogP contribution is 2.13. The number of ether oxygens (including phenoxy) is 2. The van der Waals surface area contributed by atoms with Crippen LogP contribution in [-0.2, 0) is 32.3 Å². The molecule has 3 N–H and O–H groups in total. The number of carbonyl (C=O) groups is 3. The van der Waals surface area contributed by atoms with E-state index in [1.807, 2.05) is 29.3 Å². The summed E-state index contributed by atoms with van der Waals surface area (Å²) in [5, 5.41) is 4.25. The molecule has 0 aromatic heterocycles. The second-order valence-electron chi connectivity index (χ2n) is 7.67. The Labute approximate surface area is 192 Å². The molecule has 1 fully saturated rings. The molecule has 0 aliphatic carbocycles. The van der Waals surface area contributed by atoms with E-state index in [9.17, 15) is 14.4 Å². The summed E-state index contributed by atoms with van der Waals surface area (Å²) >= 11 is 0. The first-order valence-corrected chi connectivity index (χ1v) is 11.0. The van der Waals surface area contributed by atoms with Gasteiger partial charge in [-0.1, -0.05) is 48.9 Å². The van der Waals surface area contributed by atoms with Crippen LogP contribution in [0.25, 0.3) is 0 Å². The van der Waals surface area contributed by atoms with Crippen molar-refractivity contribution >= 4 is 18.0 Å². The lowest BCUT2D eigenvalue weighted by atomic mass is 10.1. The number of nitrogens with one attached hydrogen (secondary N) is 1. The van der Waals surface area contributed by atoms with Crippen molar-refractivity contribution in [3.8, 4) is 0 Å². The maximum Gasteiger partial charge on any atom is 0.408 e. The van der Waals surface area contributed by atoms with Gasteiger partial charge in [0.1, 0.15) is 12.6 Å². The van der Waals surface area contributed by atoms with Crippen LogP contribution in [0.2, 0.25) is 0 Å². The van der Waals surface area contributed by atoms with Crippen molar-refractivity contribution in [2.24, 2.45) is 5.73 Å². The van der Waals surface area contributed by atoms with Crippen LogP contribution in [0.1, 0.15) is 40.7 Å². The Morgan fingerprint density at radius 3 is 2.39 bits per heavy atom. The Kier molecular flexibility index (Phi) is 9.37. The molecule has 1 heterocycles. The van der Waals surface area contributed by atoms with Gasteiger partial charge in [-0.15, -0.1) is 0 Å². The zero-order valence-corrected chi connectivity index (χ0v) is 18.4. The van der Waals surface area contributed by atoms with Crippen LogP contribution in [-0.4, -0.2) is 48.8 Å². The van der Waals surface area contributed by atoms with Crippen LogP contribution in [0.5, 0.6) is 0 Å². The number of nitrogens with zero attached hydrogens (tertiary/aromatic N) is 1. The minimum atomic E-state index is -1.22. The van der Waals surface area contributed by atoms with Crippen molar-refractivity contribution in [1.29, 1.82) is 0 Å². The second-order valence-corrected chi connectivity index (χ2v) is 7.67. The first-order chi connectivity index (χ1) is 16.0. The maximum absolute atomic E-state index is 12.5. The van der Waals surface area contributed by atoms with E-state index in [1.54, 1.807) is 30.3 Å². The minimum absolute atomic E-state index is 0.0320. The third-order valence-corrected chi connectivity index (χ3v) is 5.11. The van der Waals surface area contributed by atoms with Crippen LogP contribution in [0.15, 0.2) is 54.6 Å². The van der Waals surface area contributed by atoms with E-state index in [4.69, 9.17) is 20.0 Å². The first-order valence-electron chi connectivity index (χ1n) is 11.0. The van der Waals surface area contributed by atoms with Crippen LogP contribution in [0, 0.1) is 0 Å². The summed E-state index contributed by atoms with van der Waals surface area (Å²) in [6, 6.07) is 14.5. The van der Waals surface area contributed by atoms with E-state index in [-0.39, 0.29) is 18.7 Å². The number of amides is 1. The van der Waals surface area contributed by atoms with E-state index >= 15 is 0 Å². The largest absolute Gasteiger partial charge is 0.445 e. The molecule has 33 heavy (non-hydrogen) atoms. The van der Waals surface area contributed by atoms with E-state index < -0.39 is 24.1 Å². The predicted molar refractivity (Wildman–Crippen MR) is 120 cm³/mol. The van der Waals surface area contributed by atoms with Gasteiger partial charge in [0.15, 0.2) is 0 Å². The van der Waals surface area contributed by atoms with Crippen molar-refractivity contribution < 1.29 is 28.7 Å². The number of hydroxylamine groups is 2. The number of hydrogen-bond acceptors (Lipinski definition) is 8. The molecule has 2 aromatic carbocycles. The van der Waals surface area contributed by atoms with Crippen molar-refractivity contribution in [2.75, 3.05) is 19.6 Å². The number of rotatable bonds is 9. The normalized spacial score (nSPS) is 14.8. The summed E-state index contributed by atoms with van der Waals surface area (Å²) < 4.78 is 10.00. The van der Waals surface area contributed by atoms with Crippen molar-refractivity contribution in [2.45, 2.75) is 38.5 Å². The summed E-state index contributed by atoms with van der Waals surface area (Å²) in [4.78, 5) is 42.6. The van der Waals surface area contributed by atoms with Gasteiger partial charge >= 0.3 is 18.0 Å². The molecule has 1 amide bonds.